The highest BCUT2D eigenvalue weighted by Gasteiger charge is 2.16. The number of aryl methyl sites for hydroxylation is 1. The molecule has 1 rings (SSSR count). The van der Waals surface area contributed by atoms with Crippen LogP contribution >= 0.6 is 0 Å². The number of nitrogens with one attached hydrogen (secondary N) is 2. The molecule has 0 aliphatic heterocycles. The van der Waals surface area contributed by atoms with Crippen LogP contribution in [0.25, 0.3) is 0 Å². The van der Waals surface area contributed by atoms with E-state index in [1.54, 1.807) is 19.1 Å². The third-order valence-electron chi connectivity index (χ3n) is 2.50. The molecule has 0 heterocycles. The maximum Gasteiger partial charge on any atom is 0.240 e. The Morgan fingerprint density at radius 1 is 1.33 bits per heavy atom. The van der Waals surface area contributed by atoms with Crippen LogP contribution in [0.1, 0.15) is 17.5 Å². The van der Waals surface area contributed by atoms with Gasteiger partial charge in [0.05, 0.1) is 16.5 Å². The fourth-order valence-electron chi connectivity index (χ4n) is 1.51. The van der Waals surface area contributed by atoms with Crippen LogP contribution in [0.3, 0.4) is 0 Å². The Labute approximate surface area is 108 Å². The topological polar surface area (TPSA) is 82.0 Å². The van der Waals surface area contributed by atoms with Gasteiger partial charge < -0.3 is 5.32 Å². The SMILES string of the molecule is CNCCCNS(=O)(=O)c1cc(C#N)ccc1C. The van der Waals surface area contributed by atoms with E-state index in [9.17, 15) is 8.42 Å². The van der Waals surface area contributed by atoms with Gasteiger partial charge in [0.1, 0.15) is 0 Å². The number of hydrogen-bond acceptors (Lipinski definition) is 4. The van der Waals surface area contributed by atoms with E-state index in [1.807, 2.05) is 13.1 Å². The molecular formula is C12H17N3O2S. The lowest BCUT2D eigenvalue weighted by molar-refractivity contribution is 0.576. The molecule has 18 heavy (non-hydrogen) atoms. The summed E-state index contributed by atoms with van der Waals surface area (Å²) in [6.07, 6.45) is 0.715. The summed E-state index contributed by atoms with van der Waals surface area (Å²) in [4.78, 5) is 0.172. The highest BCUT2D eigenvalue weighted by molar-refractivity contribution is 7.89. The Kier molecular flexibility index (Phi) is 5.28. The van der Waals surface area contributed by atoms with Crippen molar-refractivity contribution in [1.29, 1.82) is 5.26 Å². The minimum Gasteiger partial charge on any atom is -0.320 e. The van der Waals surface area contributed by atoms with Crippen molar-refractivity contribution in [1.82, 2.24) is 10.0 Å². The molecule has 0 fully saturated rings. The van der Waals surface area contributed by atoms with Gasteiger partial charge in [-0.05, 0) is 44.6 Å². The van der Waals surface area contributed by atoms with Crippen LogP contribution < -0.4 is 10.0 Å². The Bertz CT molecular complexity index is 547. The lowest BCUT2D eigenvalue weighted by atomic mass is 10.2. The van der Waals surface area contributed by atoms with E-state index in [2.05, 4.69) is 10.0 Å². The number of benzene rings is 1. The summed E-state index contributed by atoms with van der Waals surface area (Å²) in [5.41, 5.74) is 0.978. The first-order valence-electron chi connectivity index (χ1n) is 5.66. The van der Waals surface area contributed by atoms with E-state index in [0.29, 0.717) is 24.1 Å². The van der Waals surface area contributed by atoms with Crippen LogP contribution in [-0.2, 0) is 10.0 Å². The first-order chi connectivity index (χ1) is 8.51. The molecule has 5 nitrogen and oxygen atoms in total. The van der Waals surface area contributed by atoms with Crippen molar-refractivity contribution in [2.45, 2.75) is 18.2 Å². The number of hydrogen-bond donors (Lipinski definition) is 2. The highest BCUT2D eigenvalue weighted by Crippen LogP contribution is 2.16. The molecule has 6 heteroatoms. The van der Waals surface area contributed by atoms with Crippen molar-refractivity contribution in [3.05, 3.63) is 29.3 Å². The predicted octanol–water partition coefficient (Wildman–Crippen LogP) is 0.755. The molecule has 0 aromatic heterocycles. The quantitative estimate of drug-likeness (QED) is 0.745. The first kappa shape index (κ1) is 14.6. The molecule has 0 bridgehead atoms. The summed E-state index contributed by atoms with van der Waals surface area (Å²) in [5, 5.41) is 11.7. The maximum atomic E-state index is 12.0. The summed E-state index contributed by atoms with van der Waals surface area (Å²) in [6, 6.07) is 6.59. The largest absolute Gasteiger partial charge is 0.320 e. The predicted molar refractivity (Wildman–Crippen MR) is 69.6 cm³/mol. The second kappa shape index (κ2) is 6.50. The number of nitriles is 1. The smallest absolute Gasteiger partial charge is 0.240 e. The number of sulfonamides is 1. The summed E-state index contributed by atoms with van der Waals surface area (Å²) in [7, 11) is -1.72. The van der Waals surface area contributed by atoms with Crippen molar-refractivity contribution in [2.24, 2.45) is 0 Å². The van der Waals surface area contributed by atoms with Crippen LogP contribution in [-0.4, -0.2) is 28.6 Å². The first-order valence-corrected chi connectivity index (χ1v) is 7.14. The van der Waals surface area contributed by atoms with E-state index in [4.69, 9.17) is 5.26 Å². The number of nitrogens with zero attached hydrogens (tertiary/aromatic N) is 1. The molecule has 98 valence electrons. The van der Waals surface area contributed by atoms with Gasteiger partial charge in [-0.1, -0.05) is 6.07 Å². The molecule has 0 aliphatic rings. The van der Waals surface area contributed by atoms with Gasteiger partial charge in [-0.3, -0.25) is 0 Å². The zero-order valence-corrected chi connectivity index (χ0v) is 11.3. The molecule has 0 saturated carbocycles. The van der Waals surface area contributed by atoms with Crippen LogP contribution in [0.2, 0.25) is 0 Å². The average Bonchev–Trinajstić information content (AvgIpc) is 2.35. The van der Waals surface area contributed by atoms with E-state index < -0.39 is 10.0 Å². The summed E-state index contributed by atoms with van der Waals surface area (Å²) < 4.78 is 26.6. The molecule has 0 aliphatic carbocycles. The Hall–Kier alpha value is -1.42. The second-order valence-electron chi connectivity index (χ2n) is 3.95. The summed E-state index contributed by atoms with van der Waals surface area (Å²) in [6.45, 7) is 2.84. The summed E-state index contributed by atoms with van der Waals surface area (Å²) in [5.74, 6) is 0. The van der Waals surface area contributed by atoms with Crippen molar-refractivity contribution in [2.75, 3.05) is 20.1 Å². The van der Waals surface area contributed by atoms with Crippen LogP contribution in [0.4, 0.5) is 0 Å². The van der Waals surface area contributed by atoms with Gasteiger partial charge >= 0.3 is 0 Å². The monoisotopic (exact) mass is 267 g/mol. The van der Waals surface area contributed by atoms with Crippen molar-refractivity contribution in [3.63, 3.8) is 0 Å². The molecule has 2 N–H and O–H groups in total. The van der Waals surface area contributed by atoms with Gasteiger partial charge in [-0.15, -0.1) is 0 Å². The molecule has 0 atom stereocenters. The fourth-order valence-corrected chi connectivity index (χ4v) is 2.85. The molecule has 0 spiro atoms. The molecular weight excluding hydrogens is 250 g/mol. The van der Waals surface area contributed by atoms with Crippen molar-refractivity contribution < 1.29 is 8.42 Å². The highest BCUT2D eigenvalue weighted by atomic mass is 32.2. The third kappa shape index (κ3) is 3.81. The van der Waals surface area contributed by atoms with E-state index in [-0.39, 0.29) is 4.90 Å². The maximum absolute atomic E-state index is 12.0. The van der Waals surface area contributed by atoms with Gasteiger partial charge in [0.15, 0.2) is 0 Å². The van der Waals surface area contributed by atoms with Crippen LogP contribution in [0, 0.1) is 18.3 Å². The minimum atomic E-state index is -3.53. The zero-order valence-electron chi connectivity index (χ0n) is 10.5. The fraction of sp³-hybridized carbons (Fsp3) is 0.417. The minimum absolute atomic E-state index is 0.172. The van der Waals surface area contributed by atoms with Gasteiger partial charge in [0, 0.05) is 6.54 Å². The molecule has 1 aromatic carbocycles. The number of rotatable bonds is 6. The van der Waals surface area contributed by atoms with Gasteiger partial charge in [-0.25, -0.2) is 13.1 Å². The van der Waals surface area contributed by atoms with E-state index >= 15 is 0 Å². The molecule has 0 amide bonds. The van der Waals surface area contributed by atoms with E-state index in [1.165, 1.54) is 6.07 Å². The molecule has 0 unspecified atom stereocenters. The zero-order chi connectivity index (χ0) is 13.6. The van der Waals surface area contributed by atoms with Crippen LogP contribution in [0.15, 0.2) is 23.1 Å². The molecule has 1 aromatic rings. The average molecular weight is 267 g/mol. The standard InChI is InChI=1S/C12H17N3O2S/c1-10-4-5-11(9-13)8-12(10)18(16,17)15-7-3-6-14-2/h4-5,8,14-15H,3,6-7H2,1-2H3. The van der Waals surface area contributed by atoms with Gasteiger partial charge in [-0.2, -0.15) is 5.26 Å². The third-order valence-corrected chi connectivity index (χ3v) is 4.11. The second-order valence-corrected chi connectivity index (χ2v) is 5.68. The Morgan fingerprint density at radius 3 is 2.67 bits per heavy atom. The normalized spacial score (nSPS) is 11.2. The molecule has 0 saturated heterocycles. The van der Waals surface area contributed by atoms with Crippen LogP contribution in [0.5, 0.6) is 0 Å². The van der Waals surface area contributed by atoms with Gasteiger partial charge in [0.2, 0.25) is 10.0 Å². The van der Waals surface area contributed by atoms with Gasteiger partial charge in [0.25, 0.3) is 0 Å². The lowest BCUT2D eigenvalue weighted by Crippen LogP contribution is -2.27. The van der Waals surface area contributed by atoms with Crippen molar-refractivity contribution in [3.8, 4) is 6.07 Å². The summed E-state index contributed by atoms with van der Waals surface area (Å²) >= 11 is 0. The molecule has 0 radical (unpaired) electrons. The lowest BCUT2D eigenvalue weighted by Gasteiger charge is -2.09. The van der Waals surface area contributed by atoms with Crippen molar-refractivity contribution >= 4 is 10.0 Å². The van der Waals surface area contributed by atoms with E-state index in [0.717, 1.165) is 6.54 Å². The Morgan fingerprint density at radius 2 is 2.06 bits per heavy atom. The Balaban J connectivity index is 2.88.